The zero-order valence-electron chi connectivity index (χ0n) is 12.3. The molecule has 0 aromatic heterocycles. The summed E-state index contributed by atoms with van der Waals surface area (Å²) >= 11 is 12.2. The molecular weight excluding hydrogens is 301 g/mol. The lowest BCUT2D eigenvalue weighted by atomic mass is 9.76. The van der Waals surface area contributed by atoms with Crippen LogP contribution in [0, 0.1) is 0 Å². The van der Waals surface area contributed by atoms with Gasteiger partial charge >= 0.3 is 0 Å². The second-order valence-electron chi connectivity index (χ2n) is 5.91. The maximum Gasteiger partial charge on any atom is 0.0595 e. The molecule has 0 aliphatic heterocycles. The lowest BCUT2D eigenvalue weighted by Crippen LogP contribution is -2.26. The minimum atomic E-state index is 0.409. The highest BCUT2D eigenvalue weighted by molar-refractivity contribution is 6.42. The van der Waals surface area contributed by atoms with Crippen LogP contribution in [-0.4, -0.2) is 19.0 Å². The van der Waals surface area contributed by atoms with Crippen molar-refractivity contribution in [2.75, 3.05) is 14.1 Å². The first-order chi connectivity index (χ1) is 10.1. The zero-order chi connectivity index (χ0) is 15.0. The van der Waals surface area contributed by atoms with E-state index in [1.54, 1.807) is 0 Å². The molecule has 1 aliphatic carbocycles. The zero-order valence-corrected chi connectivity index (χ0v) is 13.8. The average molecular weight is 320 g/mol. The summed E-state index contributed by atoms with van der Waals surface area (Å²) < 4.78 is 0. The maximum absolute atomic E-state index is 6.20. The third kappa shape index (κ3) is 2.83. The van der Waals surface area contributed by atoms with E-state index in [4.69, 9.17) is 23.2 Å². The molecule has 1 aliphatic rings. The van der Waals surface area contributed by atoms with Crippen molar-refractivity contribution >= 4 is 23.2 Å². The van der Waals surface area contributed by atoms with Crippen LogP contribution in [0.5, 0.6) is 0 Å². The van der Waals surface area contributed by atoms with Gasteiger partial charge in [0.1, 0.15) is 0 Å². The van der Waals surface area contributed by atoms with Gasteiger partial charge in [-0.25, -0.2) is 0 Å². The van der Waals surface area contributed by atoms with Gasteiger partial charge in [0.05, 0.1) is 10.0 Å². The van der Waals surface area contributed by atoms with Crippen molar-refractivity contribution in [1.82, 2.24) is 4.90 Å². The summed E-state index contributed by atoms with van der Waals surface area (Å²) in [5, 5.41) is 1.26. The van der Waals surface area contributed by atoms with Gasteiger partial charge in [-0.2, -0.15) is 0 Å². The van der Waals surface area contributed by atoms with Gasteiger partial charge in [0.15, 0.2) is 0 Å². The van der Waals surface area contributed by atoms with Crippen LogP contribution < -0.4 is 0 Å². The number of benzene rings is 2. The first-order valence-corrected chi connectivity index (χ1v) is 8.03. The SMILES string of the molecule is CN(C)[C@@H]1CC[C@H](c2ccc(Cl)c(Cl)c2)c2ccccc21. The minimum absolute atomic E-state index is 0.409. The number of hydrogen-bond acceptors (Lipinski definition) is 1. The van der Waals surface area contributed by atoms with E-state index in [1.165, 1.54) is 16.7 Å². The normalized spacial score (nSPS) is 21.4. The van der Waals surface area contributed by atoms with Crippen molar-refractivity contribution in [3.8, 4) is 0 Å². The number of fused-ring (bicyclic) bond motifs is 1. The van der Waals surface area contributed by atoms with Crippen molar-refractivity contribution in [3.63, 3.8) is 0 Å². The summed E-state index contributed by atoms with van der Waals surface area (Å²) in [5.41, 5.74) is 4.11. The Hall–Kier alpha value is -1.02. The third-order valence-corrected chi connectivity index (χ3v) is 5.17. The second-order valence-corrected chi connectivity index (χ2v) is 6.73. The van der Waals surface area contributed by atoms with E-state index in [9.17, 15) is 0 Å². The molecule has 0 spiro atoms. The summed E-state index contributed by atoms with van der Waals surface area (Å²) in [5.74, 6) is 0.409. The lowest BCUT2D eigenvalue weighted by molar-refractivity contribution is 0.263. The molecule has 0 unspecified atom stereocenters. The fraction of sp³-hybridized carbons (Fsp3) is 0.333. The van der Waals surface area contributed by atoms with Crippen LogP contribution in [0.1, 0.15) is 41.5 Å². The molecule has 3 rings (SSSR count). The Morgan fingerprint density at radius 1 is 0.905 bits per heavy atom. The fourth-order valence-electron chi connectivity index (χ4n) is 3.38. The van der Waals surface area contributed by atoms with Crippen LogP contribution >= 0.6 is 23.2 Å². The van der Waals surface area contributed by atoms with Crippen LogP contribution in [0.15, 0.2) is 42.5 Å². The number of halogens is 2. The predicted molar refractivity (Wildman–Crippen MR) is 90.4 cm³/mol. The van der Waals surface area contributed by atoms with Gasteiger partial charge in [-0.3, -0.25) is 0 Å². The molecular formula is C18H19Cl2N. The molecule has 2 aromatic rings. The van der Waals surface area contributed by atoms with E-state index >= 15 is 0 Å². The van der Waals surface area contributed by atoms with E-state index < -0.39 is 0 Å². The van der Waals surface area contributed by atoms with Crippen molar-refractivity contribution in [3.05, 3.63) is 69.2 Å². The Bertz CT molecular complexity index is 651. The molecule has 21 heavy (non-hydrogen) atoms. The van der Waals surface area contributed by atoms with Gasteiger partial charge in [0.2, 0.25) is 0 Å². The maximum atomic E-state index is 6.20. The topological polar surface area (TPSA) is 3.24 Å². The Morgan fingerprint density at radius 3 is 2.29 bits per heavy atom. The summed E-state index contributed by atoms with van der Waals surface area (Å²) in [6, 6.07) is 15.3. The number of hydrogen-bond donors (Lipinski definition) is 0. The highest BCUT2D eigenvalue weighted by Gasteiger charge is 2.29. The summed E-state index contributed by atoms with van der Waals surface area (Å²) in [7, 11) is 4.31. The Labute approximate surface area is 136 Å². The average Bonchev–Trinajstić information content (AvgIpc) is 2.49. The highest BCUT2D eigenvalue weighted by atomic mass is 35.5. The summed E-state index contributed by atoms with van der Waals surface area (Å²) in [6.07, 6.45) is 2.30. The smallest absolute Gasteiger partial charge is 0.0595 e. The van der Waals surface area contributed by atoms with Crippen molar-refractivity contribution in [1.29, 1.82) is 0 Å². The predicted octanol–water partition coefficient (Wildman–Crippen LogP) is 5.52. The number of rotatable bonds is 2. The first-order valence-electron chi connectivity index (χ1n) is 7.28. The molecule has 2 atom stereocenters. The van der Waals surface area contributed by atoms with Gasteiger partial charge in [-0.15, -0.1) is 0 Å². The van der Waals surface area contributed by atoms with E-state index in [1.807, 2.05) is 12.1 Å². The molecule has 0 N–H and O–H groups in total. The van der Waals surface area contributed by atoms with Gasteiger partial charge in [0, 0.05) is 12.0 Å². The van der Waals surface area contributed by atoms with Crippen molar-refractivity contribution < 1.29 is 0 Å². The van der Waals surface area contributed by atoms with Crippen LogP contribution in [0.2, 0.25) is 10.0 Å². The molecule has 0 heterocycles. The van der Waals surface area contributed by atoms with Crippen LogP contribution in [0.3, 0.4) is 0 Å². The third-order valence-electron chi connectivity index (χ3n) is 4.43. The van der Waals surface area contributed by atoms with Crippen LogP contribution in [0.4, 0.5) is 0 Å². The Balaban J connectivity index is 2.05. The van der Waals surface area contributed by atoms with Gasteiger partial charge < -0.3 is 4.90 Å². The monoisotopic (exact) mass is 319 g/mol. The Kier molecular flexibility index (Phi) is 4.26. The van der Waals surface area contributed by atoms with Crippen LogP contribution in [0.25, 0.3) is 0 Å². The standard InChI is InChI=1S/C18H19Cl2N/c1-21(2)18-10-8-13(14-5-3-4-6-15(14)18)12-7-9-16(19)17(20)11-12/h3-7,9,11,13,18H,8,10H2,1-2H3/t13-,18-/m1/s1. The van der Waals surface area contributed by atoms with E-state index in [-0.39, 0.29) is 0 Å². The van der Waals surface area contributed by atoms with Gasteiger partial charge in [-0.05, 0) is 55.8 Å². The molecule has 110 valence electrons. The molecule has 0 fully saturated rings. The summed E-state index contributed by atoms with van der Waals surface area (Å²) in [6.45, 7) is 0. The molecule has 1 nitrogen and oxygen atoms in total. The molecule has 2 aromatic carbocycles. The fourth-order valence-corrected chi connectivity index (χ4v) is 3.69. The quantitative estimate of drug-likeness (QED) is 0.704. The molecule has 0 saturated carbocycles. The Morgan fingerprint density at radius 2 is 1.62 bits per heavy atom. The van der Waals surface area contributed by atoms with Crippen molar-refractivity contribution in [2.24, 2.45) is 0 Å². The van der Waals surface area contributed by atoms with Gasteiger partial charge in [0.25, 0.3) is 0 Å². The lowest BCUT2D eigenvalue weighted by Gasteiger charge is -2.35. The van der Waals surface area contributed by atoms with Crippen LogP contribution in [-0.2, 0) is 0 Å². The second kappa shape index (κ2) is 6.00. The van der Waals surface area contributed by atoms with E-state index in [2.05, 4.69) is 49.3 Å². The molecule has 0 saturated heterocycles. The molecule has 0 amide bonds. The first kappa shape index (κ1) is 14.9. The molecule has 0 bridgehead atoms. The van der Waals surface area contributed by atoms with E-state index in [0.717, 1.165) is 12.8 Å². The molecule has 3 heteroatoms. The highest BCUT2D eigenvalue weighted by Crippen LogP contribution is 2.43. The molecule has 0 radical (unpaired) electrons. The van der Waals surface area contributed by atoms with E-state index in [0.29, 0.717) is 22.0 Å². The summed E-state index contributed by atoms with van der Waals surface area (Å²) in [4.78, 5) is 2.31. The largest absolute Gasteiger partial charge is 0.302 e. The number of nitrogens with zero attached hydrogens (tertiary/aromatic N) is 1. The minimum Gasteiger partial charge on any atom is -0.302 e. The van der Waals surface area contributed by atoms with Gasteiger partial charge in [-0.1, -0.05) is 53.5 Å². The van der Waals surface area contributed by atoms with Crippen molar-refractivity contribution in [2.45, 2.75) is 24.8 Å².